The fourth-order valence-electron chi connectivity index (χ4n) is 5.23. The van der Waals surface area contributed by atoms with E-state index in [-0.39, 0.29) is 30.6 Å². The lowest BCUT2D eigenvalue weighted by atomic mass is 9.59. The maximum Gasteiger partial charge on any atom is 0.303 e. The van der Waals surface area contributed by atoms with Crippen LogP contribution in [0.15, 0.2) is 0 Å². The number of nitrogens with one attached hydrogen (secondary N) is 1. The number of carbonyl (C=O) groups is 3. The molecule has 2 amide bonds. The van der Waals surface area contributed by atoms with Gasteiger partial charge in [0.2, 0.25) is 11.7 Å². The predicted octanol–water partition coefficient (Wildman–Crippen LogP) is 1.74. The zero-order chi connectivity index (χ0) is 20.3. The number of nitrogens with zero attached hydrogens (tertiary/aromatic N) is 1. The average molecular weight is 508 g/mol. The summed E-state index contributed by atoms with van der Waals surface area (Å²) >= 11 is 2.12. The van der Waals surface area contributed by atoms with Crippen molar-refractivity contribution in [1.29, 1.82) is 0 Å². The minimum atomic E-state index is -1.07. The first-order valence-electron chi connectivity index (χ1n) is 9.71. The summed E-state index contributed by atoms with van der Waals surface area (Å²) in [5.74, 6) is -2.44. The summed E-state index contributed by atoms with van der Waals surface area (Å²) in [4.78, 5) is 48.0. The Morgan fingerprint density at radius 3 is 2.71 bits per heavy atom. The Kier molecular flexibility index (Phi) is 5.12. The second kappa shape index (κ2) is 7.06. The molecule has 28 heavy (non-hydrogen) atoms. The smallest absolute Gasteiger partial charge is 0.303 e. The molecule has 7 unspecified atom stereocenters. The number of carboxylic acid groups (broad SMARTS) is 1. The summed E-state index contributed by atoms with van der Waals surface area (Å²) in [6.45, 7) is 3.97. The molecule has 0 radical (unpaired) electrons. The zero-order valence-electron chi connectivity index (χ0n) is 15.9. The van der Waals surface area contributed by atoms with E-state index < -0.39 is 33.4 Å². The third-order valence-corrected chi connectivity index (χ3v) is 8.07. The van der Waals surface area contributed by atoms with Gasteiger partial charge in [0, 0.05) is 18.8 Å². The second-order valence-corrected chi connectivity index (χ2v) is 9.81. The van der Waals surface area contributed by atoms with Crippen LogP contribution in [0.4, 0.5) is 0 Å². The SMILES string of the molecule is CC1CCC2C(I)C(=O)N(NC(=O)CCC(=O)O)C3OC4(C)CCC1C23OO4. The Labute approximate surface area is 176 Å². The normalized spacial score (nSPS) is 44.6. The van der Waals surface area contributed by atoms with Crippen LogP contribution in [0.1, 0.15) is 52.4 Å². The van der Waals surface area contributed by atoms with Gasteiger partial charge in [0.25, 0.3) is 5.91 Å². The molecule has 5 rings (SSSR count). The standard InChI is InChI=1S/C18H25IN2O7/c1-9-3-4-11-14(19)15(25)21(20-12(22)5-6-13(23)24)16-18(11)10(9)7-8-17(2,26-16)27-28-18/h9-11,14,16H,3-8H2,1-2H3,(H,20,22)(H,23,24). The van der Waals surface area contributed by atoms with Gasteiger partial charge in [0.15, 0.2) is 11.8 Å². The Bertz CT molecular complexity index is 705. The number of carboxylic acids is 1. The monoisotopic (exact) mass is 508 g/mol. The van der Waals surface area contributed by atoms with Crippen LogP contribution in [0.5, 0.6) is 0 Å². The van der Waals surface area contributed by atoms with Gasteiger partial charge in [0.1, 0.15) is 0 Å². The molecule has 1 aliphatic carbocycles. The molecule has 0 aromatic heterocycles. The highest BCUT2D eigenvalue weighted by Gasteiger charge is 2.71. The summed E-state index contributed by atoms with van der Waals surface area (Å²) in [6, 6.07) is 0. The number of piperidine rings is 1. The van der Waals surface area contributed by atoms with Gasteiger partial charge in [-0.3, -0.25) is 19.8 Å². The molecule has 4 aliphatic heterocycles. The van der Waals surface area contributed by atoms with Crippen molar-refractivity contribution >= 4 is 40.4 Å². The number of amides is 2. The van der Waals surface area contributed by atoms with Gasteiger partial charge < -0.3 is 9.84 Å². The van der Waals surface area contributed by atoms with E-state index in [0.29, 0.717) is 12.3 Å². The largest absolute Gasteiger partial charge is 0.481 e. The minimum Gasteiger partial charge on any atom is -0.481 e. The van der Waals surface area contributed by atoms with Crippen molar-refractivity contribution in [2.24, 2.45) is 17.8 Å². The molecule has 5 aliphatic rings. The first-order chi connectivity index (χ1) is 13.2. The number of aliphatic carboxylic acids is 1. The lowest BCUT2D eigenvalue weighted by Gasteiger charge is -2.60. The molecule has 10 heteroatoms. The van der Waals surface area contributed by atoms with E-state index in [1.54, 1.807) is 6.92 Å². The quantitative estimate of drug-likeness (QED) is 0.338. The zero-order valence-corrected chi connectivity index (χ0v) is 18.0. The van der Waals surface area contributed by atoms with Crippen molar-refractivity contribution in [2.75, 3.05) is 0 Å². The molecule has 2 bridgehead atoms. The Hall–Kier alpha value is -0.980. The average Bonchev–Trinajstić information content (AvgIpc) is 2.88. The second-order valence-electron chi connectivity index (χ2n) is 8.47. The number of alkyl halides is 1. The van der Waals surface area contributed by atoms with Crippen LogP contribution in [0.25, 0.3) is 0 Å². The number of halogens is 1. The molecule has 4 heterocycles. The van der Waals surface area contributed by atoms with Crippen LogP contribution >= 0.6 is 22.6 Å². The molecular weight excluding hydrogens is 483 g/mol. The van der Waals surface area contributed by atoms with Crippen LogP contribution < -0.4 is 5.43 Å². The van der Waals surface area contributed by atoms with Gasteiger partial charge in [-0.1, -0.05) is 29.5 Å². The number of fused-ring (bicyclic) bond motifs is 2. The highest BCUT2D eigenvalue weighted by atomic mass is 127. The van der Waals surface area contributed by atoms with E-state index in [4.69, 9.17) is 19.6 Å². The molecule has 4 saturated heterocycles. The Balaban J connectivity index is 1.70. The van der Waals surface area contributed by atoms with E-state index in [1.807, 2.05) is 0 Å². The van der Waals surface area contributed by atoms with Crippen LogP contribution in [-0.4, -0.2) is 49.4 Å². The summed E-state index contributed by atoms with van der Waals surface area (Å²) in [5.41, 5.74) is 1.74. The third kappa shape index (κ3) is 3.03. The van der Waals surface area contributed by atoms with E-state index in [1.165, 1.54) is 5.01 Å². The van der Waals surface area contributed by atoms with E-state index in [9.17, 15) is 14.4 Å². The summed E-state index contributed by atoms with van der Waals surface area (Å²) in [6.07, 6.45) is 1.97. The summed E-state index contributed by atoms with van der Waals surface area (Å²) in [7, 11) is 0. The van der Waals surface area contributed by atoms with E-state index in [2.05, 4.69) is 34.9 Å². The molecule has 5 fully saturated rings. The van der Waals surface area contributed by atoms with Gasteiger partial charge in [-0.25, -0.2) is 14.8 Å². The molecule has 7 atom stereocenters. The van der Waals surface area contributed by atoms with Crippen LogP contribution in [0.3, 0.4) is 0 Å². The molecule has 156 valence electrons. The van der Waals surface area contributed by atoms with Gasteiger partial charge in [-0.15, -0.1) is 0 Å². The van der Waals surface area contributed by atoms with E-state index >= 15 is 0 Å². The Morgan fingerprint density at radius 1 is 1.25 bits per heavy atom. The van der Waals surface area contributed by atoms with Crippen molar-refractivity contribution in [3.05, 3.63) is 0 Å². The highest BCUT2D eigenvalue weighted by molar-refractivity contribution is 14.1. The van der Waals surface area contributed by atoms with Crippen LogP contribution in [0.2, 0.25) is 0 Å². The molecule has 9 nitrogen and oxygen atoms in total. The summed E-state index contributed by atoms with van der Waals surface area (Å²) in [5, 5.41) is 10.1. The molecule has 0 aromatic rings. The third-order valence-electron chi connectivity index (χ3n) is 6.67. The van der Waals surface area contributed by atoms with Crippen molar-refractivity contribution in [3.63, 3.8) is 0 Å². The molecule has 1 saturated carbocycles. The predicted molar refractivity (Wildman–Crippen MR) is 102 cm³/mol. The van der Waals surface area contributed by atoms with Crippen LogP contribution in [0, 0.1) is 17.8 Å². The lowest BCUT2D eigenvalue weighted by Crippen LogP contribution is -2.77. The van der Waals surface area contributed by atoms with Gasteiger partial charge in [-0.05, 0) is 38.0 Å². The molecule has 2 N–H and O–H groups in total. The number of hydrogen-bond acceptors (Lipinski definition) is 6. The molecular formula is C18H25IN2O7. The fourth-order valence-corrected chi connectivity index (χ4v) is 6.45. The fraction of sp³-hybridized carbons (Fsp3) is 0.833. The van der Waals surface area contributed by atoms with E-state index in [0.717, 1.165) is 19.3 Å². The van der Waals surface area contributed by atoms with Crippen molar-refractivity contribution in [1.82, 2.24) is 10.4 Å². The van der Waals surface area contributed by atoms with Gasteiger partial charge in [0.05, 0.1) is 10.3 Å². The topological polar surface area (TPSA) is 114 Å². The maximum absolute atomic E-state index is 13.1. The van der Waals surface area contributed by atoms with Crippen LogP contribution in [-0.2, 0) is 28.9 Å². The number of hydrazine groups is 1. The number of carbonyl (C=O) groups excluding carboxylic acids is 2. The number of ether oxygens (including phenoxy) is 1. The van der Waals surface area contributed by atoms with Gasteiger partial charge in [-0.2, -0.15) is 0 Å². The van der Waals surface area contributed by atoms with Crippen molar-refractivity contribution < 1.29 is 34.0 Å². The molecule has 0 aromatic carbocycles. The lowest BCUT2D eigenvalue weighted by molar-refractivity contribution is -0.546. The van der Waals surface area contributed by atoms with Crippen molar-refractivity contribution in [2.45, 2.75) is 73.9 Å². The maximum atomic E-state index is 13.1. The summed E-state index contributed by atoms with van der Waals surface area (Å²) < 4.78 is 5.85. The number of rotatable bonds is 4. The first-order valence-corrected chi connectivity index (χ1v) is 11.0. The highest BCUT2D eigenvalue weighted by Crippen LogP contribution is 2.59. The van der Waals surface area contributed by atoms with Gasteiger partial charge >= 0.3 is 5.97 Å². The number of hydrogen-bond donors (Lipinski definition) is 2. The molecule has 1 spiro atoms. The Morgan fingerprint density at radius 2 is 2.00 bits per heavy atom. The first kappa shape index (κ1) is 20.3. The van der Waals surface area contributed by atoms with Crippen molar-refractivity contribution in [3.8, 4) is 0 Å². The minimum absolute atomic E-state index is 0.0818.